The number of hydrogen-bond acceptors (Lipinski definition) is 3. The predicted octanol–water partition coefficient (Wildman–Crippen LogP) is 5.12. The van der Waals surface area contributed by atoms with Gasteiger partial charge in [0.25, 0.3) is 0 Å². The average Bonchev–Trinajstić information content (AvgIpc) is 3.07. The van der Waals surface area contributed by atoms with E-state index in [0.29, 0.717) is 17.7 Å². The Hall–Kier alpha value is -2.27. The monoisotopic (exact) mass is 393 g/mol. The smallest absolute Gasteiger partial charge is 0.230 e. The highest BCUT2D eigenvalue weighted by Crippen LogP contribution is 2.28. The van der Waals surface area contributed by atoms with E-state index in [9.17, 15) is 4.79 Å². The van der Waals surface area contributed by atoms with Crippen LogP contribution in [0.15, 0.2) is 53.7 Å². The third-order valence-electron chi connectivity index (χ3n) is 5.61. The van der Waals surface area contributed by atoms with Crippen LogP contribution < -0.4 is 5.32 Å². The summed E-state index contributed by atoms with van der Waals surface area (Å²) in [5.41, 5.74) is 4.31. The topological polar surface area (TPSA) is 46.9 Å². The SMILES string of the molecule is Cc1ccc(-n2c(SCC(=O)N[C@H]3CCCC[C@@H]3C)nc3ccccc32)cc1. The number of nitrogens with one attached hydrogen (secondary N) is 1. The van der Waals surface area contributed by atoms with Crippen LogP contribution in [0.25, 0.3) is 16.7 Å². The van der Waals surface area contributed by atoms with Crippen molar-refractivity contribution < 1.29 is 4.79 Å². The van der Waals surface area contributed by atoms with Crippen molar-refractivity contribution >= 4 is 28.7 Å². The van der Waals surface area contributed by atoms with Gasteiger partial charge in [0.05, 0.1) is 16.8 Å². The molecule has 0 bridgehead atoms. The van der Waals surface area contributed by atoms with E-state index in [4.69, 9.17) is 4.98 Å². The summed E-state index contributed by atoms with van der Waals surface area (Å²) < 4.78 is 2.15. The molecule has 2 atom stereocenters. The van der Waals surface area contributed by atoms with Crippen LogP contribution in [0.1, 0.15) is 38.2 Å². The molecule has 0 spiro atoms. The highest BCUT2D eigenvalue weighted by molar-refractivity contribution is 7.99. The molecule has 5 heteroatoms. The quantitative estimate of drug-likeness (QED) is 0.612. The van der Waals surface area contributed by atoms with E-state index in [1.54, 1.807) is 0 Å². The lowest BCUT2D eigenvalue weighted by atomic mass is 9.86. The Morgan fingerprint density at radius 3 is 2.68 bits per heavy atom. The molecule has 1 N–H and O–H groups in total. The summed E-state index contributed by atoms with van der Waals surface area (Å²) in [5, 5.41) is 4.10. The Morgan fingerprint density at radius 2 is 1.89 bits per heavy atom. The predicted molar refractivity (Wildman–Crippen MR) is 116 cm³/mol. The molecule has 1 amide bonds. The zero-order valence-electron chi connectivity index (χ0n) is 16.5. The van der Waals surface area contributed by atoms with Crippen LogP contribution in [0, 0.1) is 12.8 Å². The van der Waals surface area contributed by atoms with Gasteiger partial charge in [0.1, 0.15) is 0 Å². The first-order valence-electron chi connectivity index (χ1n) is 10.1. The van der Waals surface area contributed by atoms with Crippen molar-refractivity contribution in [2.75, 3.05) is 5.75 Å². The van der Waals surface area contributed by atoms with E-state index in [1.165, 1.54) is 36.6 Å². The molecule has 0 aliphatic heterocycles. The van der Waals surface area contributed by atoms with Crippen molar-refractivity contribution in [2.45, 2.75) is 50.7 Å². The van der Waals surface area contributed by atoms with E-state index in [2.05, 4.69) is 54.1 Å². The highest BCUT2D eigenvalue weighted by Gasteiger charge is 2.23. The van der Waals surface area contributed by atoms with Crippen LogP contribution in [0.3, 0.4) is 0 Å². The zero-order valence-corrected chi connectivity index (χ0v) is 17.3. The van der Waals surface area contributed by atoms with Crippen LogP contribution in [0.4, 0.5) is 0 Å². The molecule has 0 radical (unpaired) electrons. The van der Waals surface area contributed by atoms with Crippen LogP contribution in [0.5, 0.6) is 0 Å². The van der Waals surface area contributed by atoms with Crippen LogP contribution in [-0.4, -0.2) is 27.3 Å². The minimum Gasteiger partial charge on any atom is -0.352 e. The lowest BCUT2D eigenvalue weighted by Crippen LogP contribution is -2.41. The standard InChI is InChI=1S/C23H27N3OS/c1-16-11-13-18(14-12-16)26-21-10-6-5-9-20(21)25-23(26)28-15-22(27)24-19-8-4-3-7-17(19)2/h5-6,9-14,17,19H,3-4,7-8,15H2,1-2H3,(H,24,27)/t17-,19-/m0/s1. The molecule has 146 valence electrons. The number of nitrogens with zero attached hydrogens (tertiary/aromatic N) is 2. The van der Waals surface area contributed by atoms with Gasteiger partial charge in [-0.3, -0.25) is 9.36 Å². The number of aromatic nitrogens is 2. The number of imidazole rings is 1. The van der Waals surface area contributed by atoms with E-state index in [0.717, 1.165) is 28.3 Å². The molecule has 4 nitrogen and oxygen atoms in total. The van der Waals surface area contributed by atoms with Crippen LogP contribution in [0.2, 0.25) is 0 Å². The number of hydrogen-bond donors (Lipinski definition) is 1. The number of rotatable bonds is 5. The molecule has 1 aromatic heterocycles. The maximum absolute atomic E-state index is 12.6. The van der Waals surface area contributed by atoms with Crippen molar-refractivity contribution in [3.8, 4) is 5.69 Å². The second kappa shape index (κ2) is 8.39. The molecule has 0 saturated heterocycles. The molecule has 0 unspecified atom stereocenters. The Kier molecular flexibility index (Phi) is 5.72. The molecule has 1 aliphatic rings. The van der Waals surface area contributed by atoms with Crippen molar-refractivity contribution in [3.05, 3.63) is 54.1 Å². The van der Waals surface area contributed by atoms with E-state index in [1.807, 2.05) is 18.2 Å². The number of amides is 1. The largest absolute Gasteiger partial charge is 0.352 e. The number of fused-ring (bicyclic) bond motifs is 1. The van der Waals surface area contributed by atoms with Gasteiger partial charge in [0.15, 0.2) is 5.16 Å². The lowest BCUT2D eigenvalue weighted by Gasteiger charge is -2.29. The summed E-state index contributed by atoms with van der Waals surface area (Å²) in [4.78, 5) is 17.4. The van der Waals surface area contributed by atoms with Gasteiger partial charge in [-0.1, -0.05) is 61.4 Å². The van der Waals surface area contributed by atoms with Crippen molar-refractivity contribution in [3.63, 3.8) is 0 Å². The molecule has 3 aromatic rings. The Labute approximate surface area is 170 Å². The fourth-order valence-corrected chi connectivity index (χ4v) is 4.79. The molecule has 4 rings (SSSR count). The number of aryl methyl sites for hydroxylation is 1. The summed E-state index contributed by atoms with van der Waals surface area (Å²) in [7, 11) is 0. The third kappa shape index (κ3) is 4.09. The third-order valence-corrected chi connectivity index (χ3v) is 6.55. The summed E-state index contributed by atoms with van der Waals surface area (Å²) in [5.74, 6) is 1.06. The molecule has 1 saturated carbocycles. The first-order chi connectivity index (χ1) is 13.6. The van der Waals surface area contributed by atoms with E-state index < -0.39 is 0 Å². The Bertz CT molecular complexity index is 964. The van der Waals surface area contributed by atoms with Crippen LogP contribution in [-0.2, 0) is 4.79 Å². The van der Waals surface area contributed by atoms with Gasteiger partial charge in [-0.25, -0.2) is 4.98 Å². The van der Waals surface area contributed by atoms with Crippen LogP contribution >= 0.6 is 11.8 Å². The summed E-state index contributed by atoms with van der Waals surface area (Å²) in [6, 6.07) is 16.9. The van der Waals surface area contributed by atoms with Gasteiger partial charge in [0, 0.05) is 11.7 Å². The maximum Gasteiger partial charge on any atom is 0.230 e. The zero-order chi connectivity index (χ0) is 19.5. The van der Waals surface area contributed by atoms with E-state index >= 15 is 0 Å². The molecular formula is C23H27N3OS. The number of carbonyl (C=O) groups excluding carboxylic acids is 1. The molecule has 1 aliphatic carbocycles. The number of carbonyl (C=O) groups is 1. The fraction of sp³-hybridized carbons (Fsp3) is 0.391. The average molecular weight is 394 g/mol. The van der Waals surface area contributed by atoms with Gasteiger partial charge < -0.3 is 5.32 Å². The van der Waals surface area contributed by atoms with Crippen molar-refractivity contribution in [2.24, 2.45) is 5.92 Å². The van der Waals surface area contributed by atoms with E-state index in [-0.39, 0.29) is 5.91 Å². The number of thioether (sulfide) groups is 1. The molecule has 2 aromatic carbocycles. The second-order valence-electron chi connectivity index (χ2n) is 7.78. The molecule has 1 heterocycles. The van der Waals surface area contributed by atoms with Crippen molar-refractivity contribution in [1.29, 1.82) is 0 Å². The first-order valence-corrected chi connectivity index (χ1v) is 11.1. The van der Waals surface area contributed by atoms with Gasteiger partial charge >= 0.3 is 0 Å². The minimum atomic E-state index is 0.103. The van der Waals surface area contributed by atoms with Gasteiger partial charge in [-0.05, 0) is 49.9 Å². The Morgan fingerprint density at radius 1 is 1.14 bits per heavy atom. The fourth-order valence-electron chi connectivity index (χ4n) is 3.95. The number of benzene rings is 2. The molecule has 1 fully saturated rings. The van der Waals surface area contributed by atoms with Gasteiger partial charge in [-0.2, -0.15) is 0 Å². The second-order valence-corrected chi connectivity index (χ2v) is 8.72. The van der Waals surface area contributed by atoms with Crippen molar-refractivity contribution in [1.82, 2.24) is 14.9 Å². The summed E-state index contributed by atoms with van der Waals surface area (Å²) >= 11 is 1.51. The summed E-state index contributed by atoms with van der Waals surface area (Å²) in [6.45, 7) is 4.33. The summed E-state index contributed by atoms with van der Waals surface area (Å²) in [6.07, 6.45) is 4.80. The highest BCUT2D eigenvalue weighted by atomic mass is 32.2. The normalized spacial score (nSPS) is 19.6. The Balaban J connectivity index is 1.54. The first kappa shape index (κ1) is 19.1. The number of para-hydroxylation sites is 2. The minimum absolute atomic E-state index is 0.103. The van der Waals surface area contributed by atoms with Gasteiger partial charge in [-0.15, -0.1) is 0 Å². The van der Waals surface area contributed by atoms with Gasteiger partial charge in [0.2, 0.25) is 5.91 Å². The molecule has 28 heavy (non-hydrogen) atoms. The lowest BCUT2D eigenvalue weighted by molar-refractivity contribution is -0.119. The maximum atomic E-state index is 12.6. The molecular weight excluding hydrogens is 366 g/mol.